The highest BCUT2D eigenvalue weighted by atomic mass is 19.4. The highest BCUT2D eigenvalue weighted by Crippen LogP contribution is 2.53. The van der Waals surface area contributed by atoms with Crippen molar-refractivity contribution in [1.29, 1.82) is 0 Å². The number of pyridine rings is 1. The lowest BCUT2D eigenvalue weighted by atomic mass is 9.88. The van der Waals surface area contributed by atoms with Gasteiger partial charge in [-0.05, 0) is 45.6 Å². The van der Waals surface area contributed by atoms with Crippen LogP contribution in [0, 0.1) is 5.92 Å². The molecule has 1 atom stereocenters. The van der Waals surface area contributed by atoms with Crippen molar-refractivity contribution in [2.24, 2.45) is 5.92 Å². The molecule has 0 bridgehead atoms. The van der Waals surface area contributed by atoms with E-state index < -0.39 is 29.3 Å². The van der Waals surface area contributed by atoms with Crippen LogP contribution < -0.4 is 5.32 Å². The molecule has 12 heteroatoms. The molecule has 2 amide bonds. The molecule has 1 saturated carbocycles. The van der Waals surface area contributed by atoms with Gasteiger partial charge in [-0.1, -0.05) is 0 Å². The van der Waals surface area contributed by atoms with Crippen molar-refractivity contribution in [1.82, 2.24) is 29.9 Å². The van der Waals surface area contributed by atoms with Crippen LogP contribution in [-0.4, -0.2) is 59.8 Å². The molecule has 1 saturated heterocycles. The van der Waals surface area contributed by atoms with E-state index in [2.05, 4.69) is 25.6 Å². The topological polar surface area (TPSA) is 91.7 Å². The van der Waals surface area contributed by atoms with Gasteiger partial charge in [-0.15, -0.1) is 0 Å². The number of anilines is 1. The smallest absolute Gasteiger partial charge is 0.319 e. The van der Waals surface area contributed by atoms with E-state index in [9.17, 15) is 22.4 Å². The van der Waals surface area contributed by atoms with Gasteiger partial charge in [0.05, 0.1) is 41.8 Å². The summed E-state index contributed by atoms with van der Waals surface area (Å²) >= 11 is 0. The Morgan fingerprint density at radius 3 is 2.68 bits per heavy atom. The van der Waals surface area contributed by atoms with Crippen LogP contribution in [0.5, 0.6) is 0 Å². The van der Waals surface area contributed by atoms with Crippen LogP contribution in [0.3, 0.4) is 0 Å². The van der Waals surface area contributed by atoms with Crippen LogP contribution in [0.1, 0.15) is 39.5 Å². The number of hydrogen-bond donors (Lipinski definition) is 2. The molecule has 182 valence electrons. The Bertz CT molecular complexity index is 1220. The van der Waals surface area contributed by atoms with Crippen molar-refractivity contribution in [3.05, 3.63) is 24.7 Å². The van der Waals surface area contributed by atoms with Crippen LogP contribution in [0.25, 0.3) is 22.3 Å². The van der Waals surface area contributed by atoms with E-state index in [4.69, 9.17) is 0 Å². The second kappa shape index (κ2) is 7.67. The van der Waals surface area contributed by atoms with Gasteiger partial charge in [0.1, 0.15) is 11.4 Å². The number of carbonyl (C=O) groups excluding carboxylic acids is 1. The quantitative estimate of drug-likeness (QED) is 0.521. The molecular weight excluding hydrogens is 454 g/mol. The fraction of sp³-hybridized carbons (Fsp3) is 0.545. The summed E-state index contributed by atoms with van der Waals surface area (Å²) in [5.41, 5.74) is -0.243. The number of amides is 2. The Morgan fingerprint density at radius 2 is 2.00 bits per heavy atom. The van der Waals surface area contributed by atoms with Gasteiger partial charge in [-0.2, -0.15) is 23.4 Å². The van der Waals surface area contributed by atoms with Gasteiger partial charge < -0.3 is 10.2 Å². The molecule has 8 nitrogen and oxygen atoms in total. The van der Waals surface area contributed by atoms with Crippen molar-refractivity contribution in [3.63, 3.8) is 0 Å². The zero-order valence-electron chi connectivity index (χ0n) is 18.8. The van der Waals surface area contributed by atoms with Gasteiger partial charge in [-0.3, -0.25) is 14.8 Å². The molecule has 1 aliphatic carbocycles. The molecule has 0 radical (unpaired) electrons. The lowest BCUT2D eigenvalue weighted by molar-refractivity contribution is -0.189. The number of carbonyl (C=O) groups is 1. The number of aromatic nitrogens is 5. The van der Waals surface area contributed by atoms with Crippen LogP contribution in [0.15, 0.2) is 24.7 Å². The summed E-state index contributed by atoms with van der Waals surface area (Å²) in [7, 11) is 0. The number of urea groups is 1. The lowest BCUT2D eigenvalue weighted by Crippen LogP contribution is -2.51. The average Bonchev–Trinajstić information content (AvgIpc) is 3.16. The number of rotatable bonds is 4. The highest BCUT2D eigenvalue weighted by Gasteiger charge is 2.58. The minimum Gasteiger partial charge on any atom is -0.319 e. The van der Waals surface area contributed by atoms with Gasteiger partial charge in [0.15, 0.2) is 0 Å². The van der Waals surface area contributed by atoms with E-state index in [0.717, 1.165) is 5.39 Å². The van der Waals surface area contributed by atoms with E-state index in [1.807, 2.05) is 0 Å². The van der Waals surface area contributed by atoms with Crippen molar-refractivity contribution >= 4 is 22.6 Å². The first-order chi connectivity index (χ1) is 16.0. The van der Waals surface area contributed by atoms with Crippen LogP contribution in [0.2, 0.25) is 0 Å². The maximum Gasteiger partial charge on any atom is 0.391 e. The summed E-state index contributed by atoms with van der Waals surface area (Å²) in [6, 6.07) is 1.28. The number of alkyl halides is 4. The molecular formula is C22H25F4N7O. The number of nitrogens with one attached hydrogen (secondary N) is 2. The van der Waals surface area contributed by atoms with E-state index in [-0.39, 0.29) is 25.9 Å². The maximum atomic E-state index is 14.2. The Morgan fingerprint density at radius 1 is 1.24 bits per heavy atom. The Kier molecular flexibility index (Phi) is 5.10. The summed E-state index contributed by atoms with van der Waals surface area (Å²) in [6.45, 7) is 3.04. The molecule has 2 aliphatic rings. The lowest BCUT2D eigenvalue weighted by Gasteiger charge is -2.40. The molecule has 34 heavy (non-hydrogen) atoms. The standard InChI is InChI=1S/C22H25F4N7O/c1-20(2,23)12-33-17-7-15(27-9-13(17)10-29-33)18-16(11-28-31-18)30-19(34)32-6-3-14(22(24,25)26)8-21(32)4-5-21/h7,9-11,14H,3-6,8,12H2,1-2H3,(H,28,31)(H,30,34). The number of H-pyrrole nitrogens is 1. The summed E-state index contributed by atoms with van der Waals surface area (Å²) in [5.74, 6) is -1.38. The van der Waals surface area contributed by atoms with Crippen molar-refractivity contribution in [2.75, 3.05) is 11.9 Å². The second-order valence-electron chi connectivity index (χ2n) is 9.85. The summed E-state index contributed by atoms with van der Waals surface area (Å²) in [6.07, 6.45) is 1.36. The number of fused-ring (bicyclic) bond motifs is 1. The minimum absolute atomic E-state index is 0.0472. The fourth-order valence-corrected chi connectivity index (χ4v) is 4.76. The maximum absolute atomic E-state index is 14.2. The van der Waals surface area contributed by atoms with Gasteiger partial charge in [0.25, 0.3) is 0 Å². The van der Waals surface area contributed by atoms with Crippen LogP contribution in [0.4, 0.5) is 28.0 Å². The summed E-state index contributed by atoms with van der Waals surface area (Å²) < 4.78 is 55.4. The number of nitrogens with zero attached hydrogens (tertiary/aromatic N) is 5. The Labute approximate surface area is 192 Å². The molecule has 2 N–H and O–H groups in total. The zero-order valence-corrected chi connectivity index (χ0v) is 18.8. The van der Waals surface area contributed by atoms with Crippen molar-refractivity contribution in [3.8, 4) is 11.4 Å². The normalized spacial score (nSPS) is 20.2. The van der Waals surface area contributed by atoms with Gasteiger partial charge in [0.2, 0.25) is 0 Å². The van der Waals surface area contributed by atoms with E-state index in [1.165, 1.54) is 24.9 Å². The molecule has 4 heterocycles. The first kappa shape index (κ1) is 22.6. The predicted octanol–water partition coefficient (Wildman–Crippen LogP) is 4.91. The van der Waals surface area contributed by atoms with Gasteiger partial charge >= 0.3 is 12.2 Å². The molecule has 1 spiro atoms. The number of aromatic amines is 1. The first-order valence-electron chi connectivity index (χ1n) is 11.1. The number of halogens is 4. The van der Waals surface area contributed by atoms with E-state index in [1.54, 1.807) is 23.1 Å². The number of likely N-dealkylation sites (tertiary alicyclic amines) is 1. The molecule has 3 aromatic rings. The summed E-state index contributed by atoms with van der Waals surface area (Å²) in [4.78, 5) is 19.0. The Hall–Kier alpha value is -3.18. The van der Waals surface area contributed by atoms with E-state index in [0.29, 0.717) is 35.4 Å². The monoisotopic (exact) mass is 479 g/mol. The van der Waals surface area contributed by atoms with E-state index >= 15 is 0 Å². The van der Waals surface area contributed by atoms with Crippen molar-refractivity contribution < 1.29 is 22.4 Å². The third kappa shape index (κ3) is 4.21. The molecule has 1 aliphatic heterocycles. The molecule has 5 rings (SSSR count). The van der Waals surface area contributed by atoms with Crippen LogP contribution in [-0.2, 0) is 6.54 Å². The second-order valence-corrected chi connectivity index (χ2v) is 9.85. The largest absolute Gasteiger partial charge is 0.391 e. The third-order valence-corrected chi connectivity index (χ3v) is 6.62. The number of piperidine rings is 1. The zero-order chi connectivity index (χ0) is 24.3. The van der Waals surface area contributed by atoms with Gasteiger partial charge in [0, 0.05) is 23.7 Å². The molecule has 1 unspecified atom stereocenters. The minimum atomic E-state index is -4.25. The molecule has 2 fully saturated rings. The van der Waals surface area contributed by atoms with Gasteiger partial charge in [-0.25, -0.2) is 9.18 Å². The Balaban J connectivity index is 1.37. The van der Waals surface area contributed by atoms with Crippen LogP contribution >= 0.6 is 0 Å². The highest BCUT2D eigenvalue weighted by molar-refractivity contribution is 5.94. The molecule has 3 aromatic heterocycles. The SMILES string of the molecule is CC(C)(F)Cn1ncc2cnc(-c3[nH]ncc3NC(=O)N3CCC(C(F)(F)F)CC34CC4)cc21. The molecule has 0 aromatic carbocycles. The number of hydrogen-bond acceptors (Lipinski definition) is 4. The average molecular weight is 479 g/mol. The van der Waals surface area contributed by atoms with Crippen molar-refractivity contribution in [2.45, 2.75) is 63.5 Å². The first-order valence-corrected chi connectivity index (χ1v) is 11.1. The predicted molar refractivity (Wildman–Crippen MR) is 117 cm³/mol. The fourth-order valence-electron chi connectivity index (χ4n) is 4.76. The third-order valence-electron chi connectivity index (χ3n) is 6.62. The summed E-state index contributed by atoms with van der Waals surface area (Å²) in [5, 5.41) is 14.6.